The molecule has 14 nitrogen and oxygen atoms in total. The summed E-state index contributed by atoms with van der Waals surface area (Å²) in [4.78, 5) is 28.0. The first-order chi connectivity index (χ1) is 21.0. The summed E-state index contributed by atoms with van der Waals surface area (Å²) in [5.74, 6) is 0.561. The van der Waals surface area contributed by atoms with Crippen LogP contribution >= 0.6 is 23.2 Å². The third-order valence-electron chi connectivity index (χ3n) is 7.89. The number of likely N-dealkylation sites (tertiary alicyclic amines) is 1. The Bertz CT molecular complexity index is 1400. The van der Waals surface area contributed by atoms with Gasteiger partial charge in [0.1, 0.15) is 12.4 Å². The predicted octanol–water partition coefficient (Wildman–Crippen LogP) is 0.825. The molecule has 0 spiro atoms. The summed E-state index contributed by atoms with van der Waals surface area (Å²) in [6, 6.07) is 6.24. The third kappa shape index (κ3) is 9.26. The van der Waals surface area contributed by atoms with Gasteiger partial charge in [-0.2, -0.15) is 13.1 Å². The zero-order valence-electron chi connectivity index (χ0n) is 24.7. The molecule has 244 valence electrons. The summed E-state index contributed by atoms with van der Waals surface area (Å²) in [5, 5.41) is 17.1. The molecule has 0 bridgehead atoms. The summed E-state index contributed by atoms with van der Waals surface area (Å²) in [5.41, 5.74) is 7.00. The number of aromatic nitrogens is 2. The predicted molar refractivity (Wildman–Crippen MR) is 170 cm³/mol. The molecule has 0 unspecified atom stereocenters. The van der Waals surface area contributed by atoms with E-state index in [1.807, 2.05) is 12.1 Å². The van der Waals surface area contributed by atoms with Gasteiger partial charge < -0.3 is 25.8 Å². The number of nitrogens with one attached hydrogen (secondary N) is 2. The fraction of sp³-hybridized carbons (Fsp3) is 0.593. The van der Waals surface area contributed by atoms with E-state index < -0.39 is 16.1 Å². The lowest BCUT2D eigenvalue weighted by atomic mass is 9.97. The number of nitrogens with two attached hydrogens (primary N) is 2. The number of nitrogens with zero attached hydrogens (tertiary/aromatic N) is 5. The van der Waals surface area contributed by atoms with Crippen LogP contribution in [0.15, 0.2) is 18.2 Å². The molecule has 1 amide bonds. The van der Waals surface area contributed by atoms with Crippen LogP contribution in [-0.2, 0) is 16.8 Å². The number of halogens is 2. The number of hydrogen-bond acceptors (Lipinski definition) is 11. The molecule has 2 fully saturated rings. The van der Waals surface area contributed by atoms with E-state index in [2.05, 4.69) is 41.6 Å². The molecule has 2 saturated heterocycles. The fourth-order valence-corrected chi connectivity index (χ4v) is 6.51. The molecule has 0 saturated carbocycles. The van der Waals surface area contributed by atoms with Crippen molar-refractivity contribution in [2.75, 3.05) is 69.7 Å². The van der Waals surface area contributed by atoms with Crippen molar-refractivity contribution < 1.29 is 23.1 Å². The minimum atomic E-state index is -3.78. The number of aliphatic hydroxyl groups excluding tert-OH is 1. The Labute approximate surface area is 268 Å². The number of ether oxygens (including phenoxy) is 1. The normalized spacial score (nSPS) is 18.8. The monoisotopic (exact) mass is 673 g/mol. The lowest BCUT2D eigenvalue weighted by molar-refractivity contribution is 0.0608. The minimum Gasteiger partial charge on any atom is -0.492 e. The van der Waals surface area contributed by atoms with Gasteiger partial charge in [-0.05, 0) is 44.5 Å². The second kappa shape index (κ2) is 15.7. The molecule has 2 aromatic rings. The number of hydrogen-bond donors (Lipinski definition) is 5. The summed E-state index contributed by atoms with van der Waals surface area (Å²) < 4.78 is 30.3. The van der Waals surface area contributed by atoms with Crippen LogP contribution in [0, 0.1) is 0 Å². The minimum absolute atomic E-state index is 0.00268. The lowest BCUT2D eigenvalue weighted by Crippen LogP contribution is -2.58. The highest BCUT2D eigenvalue weighted by Gasteiger charge is 2.34. The van der Waals surface area contributed by atoms with Gasteiger partial charge in [-0.25, -0.2) is 15.1 Å². The van der Waals surface area contributed by atoms with E-state index in [9.17, 15) is 13.2 Å². The van der Waals surface area contributed by atoms with Crippen molar-refractivity contribution in [2.24, 2.45) is 5.14 Å². The molecule has 4 rings (SSSR count). The van der Waals surface area contributed by atoms with Crippen LogP contribution < -0.4 is 30.5 Å². The van der Waals surface area contributed by atoms with Crippen molar-refractivity contribution >= 4 is 51.0 Å². The first-order valence-electron chi connectivity index (χ1n) is 14.6. The number of aliphatic hydroxyl groups is 1. The highest BCUT2D eigenvalue weighted by Crippen LogP contribution is 2.31. The average Bonchev–Trinajstić information content (AvgIpc) is 3.00. The lowest BCUT2D eigenvalue weighted by Gasteiger charge is -2.47. The highest BCUT2D eigenvalue weighted by atomic mass is 35.5. The average molecular weight is 675 g/mol. The van der Waals surface area contributed by atoms with Crippen LogP contribution in [0.4, 0.5) is 11.6 Å². The first-order valence-corrected chi connectivity index (χ1v) is 16.9. The van der Waals surface area contributed by atoms with Gasteiger partial charge in [-0.15, -0.1) is 0 Å². The molecular weight excluding hydrogens is 633 g/mol. The van der Waals surface area contributed by atoms with E-state index in [0.717, 1.165) is 44.5 Å². The van der Waals surface area contributed by atoms with Gasteiger partial charge in [0.25, 0.3) is 16.1 Å². The Morgan fingerprint density at radius 1 is 1.16 bits per heavy atom. The van der Waals surface area contributed by atoms with Crippen LogP contribution in [0.3, 0.4) is 0 Å². The van der Waals surface area contributed by atoms with Crippen molar-refractivity contribution in [3.63, 3.8) is 0 Å². The SMILES string of the molecule is CC[C@H]1CN(c2nc(N)c(C(=O)NCCO)nc2Cl)CCN1C1CCN(Cc2ccc(Cl)cc2OCCNS(N)(=O)=O)CC1. The van der Waals surface area contributed by atoms with E-state index in [1.54, 1.807) is 6.07 Å². The van der Waals surface area contributed by atoms with Crippen LogP contribution in [0.2, 0.25) is 10.2 Å². The second-order valence-corrected chi connectivity index (χ2v) is 13.0. The maximum atomic E-state index is 12.3. The van der Waals surface area contributed by atoms with Crippen LogP contribution in [0.25, 0.3) is 0 Å². The smallest absolute Gasteiger partial charge is 0.274 e. The Balaban J connectivity index is 1.32. The highest BCUT2D eigenvalue weighted by molar-refractivity contribution is 7.87. The Morgan fingerprint density at radius 3 is 2.59 bits per heavy atom. The zero-order chi connectivity index (χ0) is 31.9. The molecule has 44 heavy (non-hydrogen) atoms. The second-order valence-electron chi connectivity index (χ2n) is 10.8. The fourth-order valence-electron chi connectivity index (χ4n) is 5.73. The number of benzene rings is 1. The number of anilines is 2. The summed E-state index contributed by atoms with van der Waals surface area (Å²) in [6.45, 7) is 7.03. The number of rotatable bonds is 13. The topological polar surface area (TPSA) is 192 Å². The number of carbonyl (C=O) groups is 1. The molecule has 0 aliphatic carbocycles. The van der Waals surface area contributed by atoms with Crippen LogP contribution in [0.5, 0.6) is 5.75 Å². The van der Waals surface area contributed by atoms with Crippen molar-refractivity contribution in [1.82, 2.24) is 29.8 Å². The maximum Gasteiger partial charge on any atom is 0.274 e. The van der Waals surface area contributed by atoms with Gasteiger partial charge in [0.15, 0.2) is 22.5 Å². The van der Waals surface area contributed by atoms with Gasteiger partial charge >= 0.3 is 0 Å². The maximum absolute atomic E-state index is 12.3. The van der Waals surface area contributed by atoms with Gasteiger partial charge in [0.2, 0.25) is 0 Å². The number of carbonyl (C=O) groups excluding carboxylic acids is 1. The molecule has 1 atom stereocenters. The summed E-state index contributed by atoms with van der Waals surface area (Å²) in [6.07, 6.45) is 2.98. The quantitative estimate of drug-likeness (QED) is 0.189. The summed E-state index contributed by atoms with van der Waals surface area (Å²) >= 11 is 12.7. The largest absolute Gasteiger partial charge is 0.492 e. The van der Waals surface area contributed by atoms with Crippen LogP contribution in [-0.4, -0.2) is 110 Å². The van der Waals surface area contributed by atoms with Crippen molar-refractivity contribution in [1.29, 1.82) is 0 Å². The number of piperazine rings is 1. The zero-order valence-corrected chi connectivity index (χ0v) is 27.0. The Kier molecular flexibility index (Phi) is 12.2. The van der Waals surface area contributed by atoms with Gasteiger partial charge in [0.05, 0.1) is 6.61 Å². The molecule has 2 aliphatic rings. The number of amides is 1. The van der Waals surface area contributed by atoms with Crippen molar-refractivity contribution in [3.8, 4) is 5.75 Å². The molecular formula is C27H41Cl2N9O5S. The standard InChI is InChI=1S/C27H41Cl2N9O5S/c1-2-20-17-37(26-24(29)34-23(25(30)35-26)27(40)32-7-13-39)11-12-38(20)21-5-9-36(10-6-21)16-18-3-4-19(28)15-22(18)43-14-8-33-44(31,41)42/h3-4,15,20-21,33,39H,2,5-14,16-17H2,1H3,(H2,30,35)(H,32,40)(H2,31,41,42)/t20-/m0/s1. The van der Waals surface area contributed by atoms with Crippen molar-refractivity contribution in [3.05, 3.63) is 39.6 Å². The molecule has 1 aromatic heterocycles. The van der Waals surface area contributed by atoms with E-state index in [0.29, 0.717) is 42.3 Å². The van der Waals surface area contributed by atoms with Gasteiger partial charge in [-0.1, -0.05) is 36.2 Å². The number of piperidine rings is 1. The summed E-state index contributed by atoms with van der Waals surface area (Å²) in [7, 11) is -3.78. The molecule has 3 heterocycles. The van der Waals surface area contributed by atoms with E-state index >= 15 is 0 Å². The van der Waals surface area contributed by atoms with E-state index in [-0.39, 0.29) is 49.0 Å². The van der Waals surface area contributed by atoms with Crippen molar-refractivity contribution in [2.45, 2.75) is 44.8 Å². The molecule has 1 aromatic carbocycles. The van der Waals surface area contributed by atoms with Gasteiger partial charge in [-0.3, -0.25) is 14.6 Å². The van der Waals surface area contributed by atoms with Gasteiger partial charge in [0, 0.05) is 61.9 Å². The van der Waals surface area contributed by atoms with Crippen LogP contribution in [0.1, 0.15) is 42.2 Å². The Morgan fingerprint density at radius 2 is 1.91 bits per heavy atom. The molecule has 17 heteroatoms. The number of nitrogen functional groups attached to an aromatic ring is 1. The molecule has 2 aliphatic heterocycles. The Hall–Kier alpha value is -2.50. The third-order valence-corrected chi connectivity index (χ3v) is 8.98. The first kappa shape index (κ1) is 34.4. The molecule has 0 radical (unpaired) electrons. The van der Waals surface area contributed by atoms with E-state index in [1.165, 1.54) is 0 Å². The molecule has 7 N–H and O–H groups in total. The van der Waals surface area contributed by atoms with E-state index in [4.69, 9.17) is 43.9 Å².